The van der Waals surface area contributed by atoms with Crippen molar-refractivity contribution in [2.75, 3.05) is 11.5 Å². The first-order chi connectivity index (χ1) is 8.52. The van der Waals surface area contributed by atoms with Crippen molar-refractivity contribution >= 4 is 41.9 Å². The number of rotatable bonds is 6. The van der Waals surface area contributed by atoms with Gasteiger partial charge in [-0.25, -0.2) is 8.42 Å². The van der Waals surface area contributed by atoms with Crippen LogP contribution >= 0.6 is 22.7 Å². The summed E-state index contributed by atoms with van der Waals surface area (Å²) in [6, 6.07) is 4.05. The first kappa shape index (κ1) is 14.0. The highest BCUT2D eigenvalue weighted by atomic mass is 32.2. The Bertz CT molecular complexity index is 581. The van der Waals surface area contributed by atoms with E-state index in [1.54, 1.807) is 29.6 Å². The van der Waals surface area contributed by atoms with Gasteiger partial charge in [-0.1, -0.05) is 6.92 Å². The lowest BCUT2D eigenvalue weighted by atomic mass is 10.2. The zero-order valence-electron chi connectivity index (χ0n) is 10.1. The Balaban J connectivity index is 1.92. The van der Waals surface area contributed by atoms with Crippen LogP contribution in [0.1, 0.15) is 30.7 Å². The third kappa shape index (κ3) is 3.32. The molecule has 0 amide bonds. The van der Waals surface area contributed by atoms with Gasteiger partial charge in [0.25, 0.3) is 0 Å². The molecule has 0 aromatic carbocycles. The van der Waals surface area contributed by atoms with E-state index in [0.717, 1.165) is 4.88 Å². The molecule has 0 aliphatic heterocycles. The van der Waals surface area contributed by atoms with Crippen LogP contribution in [0.2, 0.25) is 0 Å². The van der Waals surface area contributed by atoms with Crippen LogP contribution in [0.5, 0.6) is 0 Å². The summed E-state index contributed by atoms with van der Waals surface area (Å²) in [4.78, 5) is 0.936. The monoisotopic (exact) mass is 304 g/mol. The third-order valence-electron chi connectivity index (χ3n) is 2.86. The molecule has 1 atom stereocenters. The number of aliphatic hydroxyl groups is 1. The molecular formula is C12H16O3S3. The maximum atomic E-state index is 11.3. The molecule has 1 unspecified atom stereocenters. The quantitative estimate of drug-likeness (QED) is 0.891. The largest absolute Gasteiger partial charge is 0.388 e. The van der Waals surface area contributed by atoms with Gasteiger partial charge in [-0.05, 0) is 30.4 Å². The summed E-state index contributed by atoms with van der Waals surface area (Å²) < 4.78 is 25.1. The van der Waals surface area contributed by atoms with E-state index in [1.807, 2.05) is 17.5 Å². The van der Waals surface area contributed by atoms with Crippen LogP contribution in [0, 0.1) is 0 Å². The van der Waals surface area contributed by atoms with Crippen LogP contribution in [-0.4, -0.2) is 25.0 Å². The number of hydrogen-bond donors (Lipinski definition) is 1. The van der Waals surface area contributed by atoms with Gasteiger partial charge in [0.05, 0.1) is 11.9 Å². The predicted molar refractivity (Wildman–Crippen MR) is 78.2 cm³/mol. The van der Waals surface area contributed by atoms with E-state index in [4.69, 9.17) is 0 Å². The summed E-state index contributed by atoms with van der Waals surface area (Å²) >= 11 is 3.25. The summed E-state index contributed by atoms with van der Waals surface area (Å²) in [7, 11) is -2.92. The van der Waals surface area contributed by atoms with Crippen LogP contribution in [0.25, 0.3) is 9.40 Å². The molecule has 6 heteroatoms. The van der Waals surface area contributed by atoms with E-state index in [9.17, 15) is 13.5 Å². The Kier molecular flexibility index (Phi) is 4.42. The molecule has 0 aliphatic rings. The zero-order valence-corrected chi connectivity index (χ0v) is 12.6. The van der Waals surface area contributed by atoms with Crippen molar-refractivity contribution in [3.05, 3.63) is 22.4 Å². The SMILES string of the molecule is CCS(=O)(=O)CCCC(O)c1cc2sccc2s1. The second-order valence-corrected chi connectivity index (χ2v) is 8.73. The molecule has 2 aromatic heterocycles. The summed E-state index contributed by atoms with van der Waals surface area (Å²) in [6.45, 7) is 1.65. The van der Waals surface area contributed by atoms with Gasteiger partial charge in [0.15, 0.2) is 0 Å². The van der Waals surface area contributed by atoms with Crippen molar-refractivity contribution in [2.45, 2.75) is 25.9 Å². The Morgan fingerprint density at radius 2 is 2.17 bits per heavy atom. The minimum absolute atomic E-state index is 0.167. The van der Waals surface area contributed by atoms with Gasteiger partial charge in [-0.3, -0.25) is 0 Å². The van der Waals surface area contributed by atoms with Crippen molar-refractivity contribution < 1.29 is 13.5 Å². The fourth-order valence-electron chi connectivity index (χ4n) is 1.73. The molecular weight excluding hydrogens is 288 g/mol. The highest BCUT2D eigenvalue weighted by Gasteiger charge is 2.14. The first-order valence-electron chi connectivity index (χ1n) is 5.87. The average Bonchev–Trinajstić information content (AvgIpc) is 2.88. The lowest BCUT2D eigenvalue weighted by Crippen LogP contribution is -2.09. The summed E-state index contributed by atoms with van der Waals surface area (Å²) in [5, 5.41) is 12.1. The molecule has 0 radical (unpaired) electrons. The van der Waals surface area contributed by atoms with Crippen LogP contribution in [0.15, 0.2) is 17.5 Å². The van der Waals surface area contributed by atoms with E-state index in [2.05, 4.69) is 0 Å². The minimum atomic E-state index is -2.92. The molecule has 3 nitrogen and oxygen atoms in total. The Morgan fingerprint density at radius 1 is 1.39 bits per heavy atom. The predicted octanol–water partition coefficient (Wildman–Crippen LogP) is 3.21. The zero-order chi connectivity index (χ0) is 13.2. The van der Waals surface area contributed by atoms with Crippen molar-refractivity contribution in [2.24, 2.45) is 0 Å². The van der Waals surface area contributed by atoms with Crippen molar-refractivity contribution in [1.82, 2.24) is 0 Å². The van der Waals surface area contributed by atoms with Gasteiger partial charge in [0.1, 0.15) is 9.84 Å². The van der Waals surface area contributed by atoms with Crippen molar-refractivity contribution in [3.8, 4) is 0 Å². The molecule has 0 spiro atoms. The molecule has 0 fully saturated rings. The first-order valence-corrected chi connectivity index (χ1v) is 9.39. The third-order valence-corrected chi connectivity index (χ3v) is 6.84. The molecule has 2 rings (SSSR count). The normalized spacial score (nSPS) is 14.1. The van der Waals surface area contributed by atoms with Gasteiger partial charge in [0, 0.05) is 20.0 Å². The number of hydrogen-bond acceptors (Lipinski definition) is 5. The second kappa shape index (κ2) is 5.69. The molecule has 0 saturated carbocycles. The van der Waals surface area contributed by atoms with Crippen LogP contribution in [-0.2, 0) is 9.84 Å². The fourth-order valence-corrected chi connectivity index (χ4v) is 4.77. The smallest absolute Gasteiger partial charge is 0.150 e. The number of aliphatic hydroxyl groups excluding tert-OH is 1. The molecule has 1 N–H and O–H groups in total. The Morgan fingerprint density at radius 3 is 2.83 bits per heavy atom. The van der Waals surface area contributed by atoms with Crippen molar-refractivity contribution in [1.29, 1.82) is 0 Å². The van der Waals surface area contributed by atoms with Gasteiger partial charge < -0.3 is 5.11 Å². The highest BCUT2D eigenvalue weighted by Crippen LogP contribution is 2.34. The summed E-state index contributed by atoms with van der Waals surface area (Å²) in [5.74, 6) is 0.345. The van der Waals surface area contributed by atoms with E-state index in [1.165, 1.54) is 9.40 Å². The van der Waals surface area contributed by atoms with E-state index in [-0.39, 0.29) is 11.5 Å². The van der Waals surface area contributed by atoms with E-state index < -0.39 is 15.9 Å². The molecule has 0 saturated heterocycles. The highest BCUT2D eigenvalue weighted by molar-refractivity contribution is 7.91. The molecule has 18 heavy (non-hydrogen) atoms. The lowest BCUT2D eigenvalue weighted by Gasteiger charge is -2.07. The number of fused-ring (bicyclic) bond motifs is 1. The Hall–Kier alpha value is -0.430. The molecule has 0 bridgehead atoms. The standard InChI is InChI=1S/C12H16O3S3/c1-2-18(14,15)7-3-4-9(13)11-8-12-10(17-11)5-6-16-12/h5-6,8-9,13H,2-4,7H2,1H3. The van der Waals surface area contributed by atoms with Crippen LogP contribution in [0.4, 0.5) is 0 Å². The van der Waals surface area contributed by atoms with E-state index >= 15 is 0 Å². The maximum absolute atomic E-state index is 11.3. The summed E-state index contributed by atoms with van der Waals surface area (Å²) in [6.07, 6.45) is 0.484. The average molecular weight is 304 g/mol. The molecule has 0 aliphatic carbocycles. The van der Waals surface area contributed by atoms with Gasteiger partial charge in [0.2, 0.25) is 0 Å². The minimum Gasteiger partial charge on any atom is -0.388 e. The summed E-state index contributed by atoms with van der Waals surface area (Å²) in [5.41, 5.74) is 0. The van der Waals surface area contributed by atoms with E-state index in [0.29, 0.717) is 12.8 Å². The topological polar surface area (TPSA) is 54.4 Å². The van der Waals surface area contributed by atoms with Crippen LogP contribution in [0.3, 0.4) is 0 Å². The maximum Gasteiger partial charge on any atom is 0.150 e. The Labute approximate surface area is 115 Å². The number of sulfone groups is 1. The molecule has 2 heterocycles. The molecule has 2 aromatic rings. The number of thiophene rings is 2. The van der Waals surface area contributed by atoms with Crippen molar-refractivity contribution in [3.63, 3.8) is 0 Å². The second-order valence-electron chi connectivity index (χ2n) is 4.19. The fraction of sp³-hybridized carbons (Fsp3) is 0.500. The van der Waals surface area contributed by atoms with Crippen LogP contribution < -0.4 is 0 Å². The van der Waals surface area contributed by atoms with Gasteiger partial charge in [-0.15, -0.1) is 22.7 Å². The molecule has 100 valence electrons. The van der Waals surface area contributed by atoms with Gasteiger partial charge in [-0.2, -0.15) is 0 Å². The lowest BCUT2D eigenvalue weighted by molar-refractivity contribution is 0.170. The van der Waals surface area contributed by atoms with Gasteiger partial charge >= 0.3 is 0 Å².